The van der Waals surface area contributed by atoms with Crippen molar-refractivity contribution in [2.24, 2.45) is 5.73 Å². The lowest BCUT2D eigenvalue weighted by atomic mass is 9.87. The molecule has 3 heteroatoms. The zero-order valence-corrected chi connectivity index (χ0v) is 10.9. The average Bonchev–Trinajstić information content (AvgIpc) is 2.76. The Labute approximate surface area is 102 Å². The van der Waals surface area contributed by atoms with E-state index in [9.17, 15) is 0 Å². The van der Waals surface area contributed by atoms with E-state index in [0.717, 1.165) is 18.8 Å². The molecule has 1 aromatic rings. The third kappa shape index (κ3) is 3.29. The topological polar surface area (TPSA) is 38.9 Å². The minimum Gasteiger partial charge on any atom is -0.328 e. The van der Waals surface area contributed by atoms with Crippen LogP contribution in [0.1, 0.15) is 62.1 Å². The molecule has 90 valence electrons. The van der Waals surface area contributed by atoms with Gasteiger partial charge in [-0.25, -0.2) is 4.98 Å². The van der Waals surface area contributed by atoms with Gasteiger partial charge in [-0.2, -0.15) is 0 Å². The Morgan fingerprint density at radius 1 is 1.44 bits per heavy atom. The summed E-state index contributed by atoms with van der Waals surface area (Å²) in [5, 5.41) is 3.55. The molecular weight excluding hydrogens is 216 g/mol. The normalized spacial score (nSPS) is 19.9. The van der Waals surface area contributed by atoms with E-state index in [4.69, 9.17) is 10.7 Å². The Morgan fingerprint density at radius 2 is 2.19 bits per heavy atom. The van der Waals surface area contributed by atoms with Gasteiger partial charge in [0.1, 0.15) is 0 Å². The summed E-state index contributed by atoms with van der Waals surface area (Å²) in [6.07, 6.45) is 8.98. The predicted octanol–water partition coefficient (Wildman–Crippen LogP) is 3.47. The largest absolute Gasteiger partial charge is 0.328 e. The molecule has 1 saturated carbocycles. The second-order valence-electron chi connectivity index (χ2n) is 5.02. The van der Waals surface area contributed by atoms with Crippen molar-refractivity contribution < 1.29 is 0 Å². The van der Waals surface area contributed by atoms with Crippen molar-refractivity contribution in [3.8, 4) is 0 Å². The zero-order valence-electron chi connectivity index (χ0n) is 10.1. The van der Waals surface area contributed by atoms with Gasteiger partial charge in [0, 0.05) is 23.8 Å². The van der Waals surface area contributed by atoms with Crippen molar-refractivity contribution in [2.45, 2.75) is 63.8 Å². The number of hydrogen-bond acceptors (Lipinski definition) is 3. The lowest BCUT2D eigenvalue weighted by Gasteiger charge is -2.19. The molecule has 0 amide bonds. The Hall–Kier alpha value is -0.410. The maximum atomic E-state index is 5.77. The molecule has 2 rings (SSSR count). The second kappa shape index (κ2) is 5.78. The Kier molecular flexibility index (Phi) is 4.36. The molecule has 0 saturated heterocycles. The zero-order chi connectivity index (χ0) is 11.4. The third-order valence-electron chi connectivity index (χ3n) is 3.41. The lowest BCUT2D eigenvalue weighted by molar-refractivity contribution is 0.437. The summed E-state index contributed by atoms with van der Waals surface area (Å²) in [4.78, 5) is 4.77. The van der Waals surface area contributed by atoms with Crippen LogP contribution in [0.3, 0.4) is 0 Å². The smallest absolute Gasteiger partial charge is 0.0928 e. The Balaban J connectivity index is 1.90. The number of nitrogens with two attached hydrogens (primary N) is 1. The summed E-state index contributed by atoms with van der Waals surface area (Å²) in [5.41, 5.74) is 7.12. The minimum atomic E-state index is 0.294. The summed E-state index contributed by atoms with van der Waals surface area (Å²) < 4.78 is 0. The molecular formula is C13H22N2S. The number of aryl methyl sites for hydroxylation is 1. The van der Waals surface area contributed by atoms with Gasteiger partial charge in [0.25, 0.3) is 0 Å². The van der Waals surface area contributed by atoms with Gasteiger partial charge in [-0.1, -0.05) is 19.3 Å². The van der Waals surface area contributed by atoms with E-state index in [2.05, 4.69) is 12.3 Å². The van der Waals surface area contributed by atoms with Crippen LogP contribution in [0.25, 0.3) is 0 Å². The maximum Gasteiger partial charge on any atom is 0.0928 e. The fourth-order valence-electron chi connectivity index (χ4n) is 2.38. The van der Waals surface area contributed by atoms with Gasteiger partial charge in [0.05, 0.1) is 10.7 Å². The van der Waals surface area contributed by atoms with Crippen molar-refractivity contribution >= 4 is 11.3 Å². The van der Waals surface area contributed by atoms with Gasteiger partial charge in [-0.3, -0.25) is 0 Å². The van der Waals surface area contributed by atoms with E-state index < -0.39 is 0 Å². The van der Waals surface area contributed by atoms with Crippen LogP contribution < -0.4 is 5.73 Å². The first-order valence-electron chi connectivity index (χ1n) is 6.45. The predicted molar refractivity (Wildman–Crippen MR) is 69.9 cm³/mol. The van der Waals surface area contributed by atoms with Crippen LogP contribution in [0.15, 0.2) is 5.38 Å². The van der Waals surface area contributed by atoms with Gasteiger partial charge >= 0.3 is 0 Å². The molecule has 1 heterocycles. The molecule has 1 aromatic heterocycles. The van der Waals surface area contributed by atoms with Gasteiger partial charge in [-0.15, -0.1) is 11.3 Å². The van der Waals surface area contributed by atoms with Gasteiger partial charge < -0.3 is 5.73 Å². The van der Waals surface area contributed by atoms with Gasteiger partial charge in [0.15, 0.2) is 0 Å². The van der Waals surface area contributed by atoms with Crippen LogP contribution in [0.2, 0.25) is 0 Å². The molecule has 1 aliphatic rings. The highest BCUT2D eigenvalue weighted by molar-refractivity contribution is 7.09. The molecule has 1 aliphatic carbocycles. The number of rotatable bonds is 4. The summed E-state index contributed by atoms with van der Waals surface area (Å²) in [7, 11) is 0. The SMILES string of the molecule is CC(N)CCc1nc(C2CCCCC2)cs1. The first kappa shape index (κ1) is 12.1. The highest BCUT2D eigenvalue weighted by Gasteiger charge is 2.18. The molecule has 1 atom stereocenters. The van der Waals surface area contributed by atoms with E-state index in [1.54, 1.807) is 0 Å². The molecule has 16 heavy (non-hydrogen) atoms. The van der Waals surface area contributed by atoms with E-state index in [0.29, 0.717) is 6.04 Å². The van der Waals surface area contributed by atoms with Crippen LogP contribution in [-0.2, 0) is 6.42 Å². The van der Waals surface area contributed by atoms with Gasteiger partial charge in [-0.05, 0) is 26.2 Å². The molecule has 2 N–H and O–H groups in total. The Bertz CT molecular complexity index is 313. The fraction of sp³-hybridized carbons (Fsp3) is 0.769. The van der Waals surface area contributed by atoms with Crippen molar-refractivity contribution in [1.82, 2.24) is 4.98 Å². The minimum absolute atomic E-state index is 0.294. The molecule has 0 aromatic carbocycles. The summed E-state index contributed by atoms with van der Waals surface area (Å²) in [6.45, 7) is 2.07. The standard InChI is InChI=1S/C13H22N2S/c1-10(14)7-8-13-15-12(9-16-13)11-5-3-2-4-6-11/h9-11H,2-8,14H2,1H3. The van der Waals surface area contributed by atoms with Crippen molar-refractivity contribution in [3.05, 3.63) is 16.1 Å². The average molecular weight is 238 g/mol. The van der Waals surface area contributed by atoms with Crippen molar-refractivity contribution in [2.75, 3.05) is 0 Å². The van der Waals surface area contributed by atoms with Crippen LogP contribution in [0, 0.1) is 0 Å². The van der Waals surface area contributed by atoms with E-state index in [1.807, 2.05) is 11.3 Å². The fourth-order valence-corrected chi connectivity index (χ4v) is 3.27. The number of thiazole rings is 1. The van der Waals surface area contributed by atoms with Crippen molar-refractivity contribution in [1.29, 1.82) is 0 Å². The summed E-state index contributed by atoms with van der Waals surface area (Å²) in [6, 6.07) is 0.294. The quantitative estimate of drug-likeness (QED) is 0.872. The maximum absolute atomic E-state index is 5.77. The summed E-state index contributed by atoms with van der Waals surface area (Å²) >= 11 is 1.82. The third-order valence-corrected chi connectivity index (χ3v) is 4.33. The van der Waals surface area contributed by atoms with E-state index in [-0.39, 0.29) is 0 Å². The van der Waals surface area contributed by atoms with Crippen LogP contribution >= 0.6 is 11.3 Å². The number of nitrogens with zero attached hydrogens (tertiary/aromatic N) is 1. The lowest BCUT2D eigenvalue weighted by Crippen LogP contribution is -2.15. The Morgan fingerprint density at radius 3 is 2.88 bits per heavy atom. The molecule has 2 nitrogen and oxygen atoms in total. The van der Waals surface area contributed by atoms with Crippen LogP contribution in [0.4, 0.5) is 0 Å². The first-order valence-corrected chi connectivity index (χ1v) is 7.33. The summed E-state index contributed by atoms with van der Waals surface area (Å²) in [5.74, 6) is 0.744. The van der Waals surface area contributed by atoms with Crippen LogP contribution in [-0.4, -0.2) is 11.0 Å². The van der Waals surface area contributed by atoms with E-state index >= 15 is 0 Å². The van der Waals surface area contributed by atoms with E-state index in [1.165, 1.54) is 42.8 Å². The second-order valence-corrected chi connectivity index (χ2v) is 5.96. The molecule has 0 radical (unpaired) electrons. The molecule has 1 fully saturated rings. The molecule has 0 aliphatic heterocycles. The van der Waals surface area contributed by atoms with Crippen molar-refractivity contribution in [3.63, 3.8) is 0 Å². The van der Waals surface area contributed by atoms with Crippen LogP contribution in [0.5, 0.6) is 0 Å². The monoisotopic (exact) mass is 238 g/mol. The molecule has 1 unspecified atom stereocenters. The first-order chi connectivity index (χ1) is 7.75. The number of hydrogen-bond donors (Lipinski definition) is 1. The highest BCUT2D eigenvalue weighted by Crippen LogP contribution is 2.33. The highest BCUT2D eigenvalue weighted by atomic mass is 32.1. The molecule has 0 bridgehead atoms. The molecule has 0 spiro atoms. The van der Waals surface area contributed by atoms with Gasteiger partial charge in [0.2, 0.25) is 0 Å². The number of aromatic nitrogens is 1.